The van der Waals surface area contributed by atoms with E-state index in [1.54, 1.807) is 0 Å². The van der Waals surface area contributed by atoms with E-state index in [1.807, 2.05) is 19.1 Å². The average Bonchev–Trinajstić information content (AvgIpc) is 2.43. The van der Waals surface area contributed by atoms with E-state index in [0.29, 0.717) is 11.7 Å². The summed E-state index contributed by atoms with van der Waals surface area (Å²) in [5.41, 5.74) is 5.75. The largest absolute Gasteiger partial charge is 0.438 e. The van der Waals surface area contributed by atoms with Gasteiger partial charge < -0.3 is 10.2 Å². The summed E-state index contributed by atoms with van der Waals surface area (Å²) in [6.45, 7) is 8.19. The minimum Gasteiger partial charge on any atom is -0.438 e. The van der Waals surface area contributed by atoms with E-state index >= 15 is 0 Å². The Morgan fingerprint density at radius 3 is 2.60 bits per heavy atom. The molecule has 1 heterocycles. The summed E-state index contributed by atoms with van der Waals surface area (Å²) in [5.74, 6) is 7.64. The van der Waals surface area contributed by atoms with Crippen molar-refractivity contribution in [1.82, 2.24) is 9.97 Å². The molecule has 3 N–H and O–H groups in total. The van der Waals surface area contributed by atoms with Crippen molar-refractivity contribution in [2.45, 2.75) is 33.6 Å². The van der Waals surface area contributed by atoms with Crippen LogP contribution in [0.1, 0.15) is 36.5 Å². The van der Waals surface area contributed by atoms with E-state index in [2.05, 4.69) is 42.2 Å². The molecule has 5 nitrogen and oxygen atoms in total. The van der Waals surface area contributed by atoms with Crippen LogP contribution in [0.2, 0.25) is 0 Å². The van der Waals surface area contributed by atoms with Crippen LogP contribution in [0.15, 0.2) is 24.5 Å². The fourth-order valence-electron chi connectivity index (χ4n) is 2.04. The molecule has 2 aromatic rings. The maximum absolute atomic E-state index is 5.98. The molecule has 1 aromatic carbocycles. The summed E-state index contributed by atoms with van der Waals surface area (Å²) >= 11 is 0. The molecular formula is C15H20N4O. The van der Waals surface area contributed by atoms with Crippen molar-refractivity contribution in [3.63, 3.8) is 0 Å². The molecule has 0 amide bonds. The number of aromatic nitrogens is 2. The van der Waals surface area contributed by atoms with Crippen molar-refractivity contribution in [2.75, 3.05) is 5.43 Å². The SMILES string of the molecule is Cc1cccc(Oc2ncnc(NN)c2C(C)C)c1C. The van der Waals surface area contributed by atoms with E-state index < -0.39 is 0 Å². The first kappa shape index (κ1) is 14.3. The Morgan fingerprint density at radius 2 is 1.95 bits per heavy atom. The number of nitrogens with two attached hydrogens (primary N) is 1. The van der Waals surface area contributed by atoms with Crippen LogP contribution < -0.4 is 16.0 Å². The van der Waals surface area contributed by atoms with Gasteiger partial charge in [0.1, 0.15) is 12.1 Å². The predicted octanol–water partition coefficient (Wildman–Crippen LogP) is 3.29. The summed E-state index contributed by atoms with van der Waals surface area (Å²) < 4.78 is 5.98. The van der Waals surface area contributed by atoms with Gasteiger partial charge in [-0.25, -0.2) is 15.8 Å². The van der Waals surface area contributed by atoms with E-state index in [9.17, 15) is 0 Å². The van der Waals surface area contributed by atoms with Crippen molar-refractivity contribution in [2.24, 2.45) is 5.84 Å². The van der Waals surface area contributed by atoms with Gasteiger partial charge in [0.05, 0.1) is 5.56 Å². The molecule has 0 aliphatic rings. The van der Waals surface area contributed by atoms with Gasteiger partial charge in [-0.15, -0.1) is 0 Å². The maximum atomic E-state index is 5.98. The highest BCUT2D eigenvalue weighted by molar-refractivity contribution is 5.51. The molecule has 0 spiro atoms. The van der Waals surface area contributed by atoms with Gasteiger partial charge in [-0.2, -0.15) is 0 Å². The molecule has 0 aliphatic heterocycles. The molecule has 20 heavy (non-hydrogen) atoms. The number of anilines is 1. The Labute approximate surface area is 119 Å². The lowest BCUT2D eigenvalue weighted by atomic mass is 10.1. The van der Waals surface area contributed by atoms with Gasteiger partial charge in [0.25, 0.3) is 0 Å². The Kier molecular flexibility index (Phi) is 4.20. The highest BCUT2D eigenvalue weighted by Gasteiger charge is 2.17. The van der Waals surface area contributed by atoms with Gasteiger partial charge in [-0.3, -0.25) is 0 Å². The molecular weight excluding hydrogens is 252 g/mol. The maximum Gasteiger partial charge on any atom is 0.227 e. The molecule has 0 radical (unpaired) electrons. The molecule has 0 unspecified atom stereocenters. The minimum absolute atomic E-state index is 0.197. The van der Waals surface area contributed by atoms with Crippen LogP contribution in [0.4, 0.5) is 5.82 Å². The van der Waals surface area contributed by atoms with E-state index in [0.717, 1.165) is 16.9 Å². The fourth-order valence-corrected chi connectivity index (χ4v) is 2.04. The molecule has 0 atom stereocenters. The molecule has 0 saturated carbocycles. The first-order valence-electron chi connectivity index (χ1n) is 6.60. The summed E-state index contributed by atoms with van der Waals surface area (Å²) in [6.07, 6.45) is 1.45. The standard InChI is InChI=1S/C15H20N4O/c1-9(2)13-14(19-16)17-8-18-15(13)20-12-7-5-6-10(3)11(12)4/h5-9H,16H2,1-4H3,(H,17,18,19). The van der Waals surface area contributed by atoms with Crippen molar-refractivity contribution in [1.29, 1.82) is 0 Å². The zero-order valence-electron chi connectivity index (χ0n) is 12.3. The van der Waals surface area contributed by atoms with E-state index in [1.165, 1.54) is 11.9 Å². The second kappa shape index (κ2) is 5.88. The van der Waals surface area contributed by atoms with Crippen LogP contribution in [0.25, 0.3) is 0 Å². The van der Waals surface area contributed by atoms with Gasteiger partial charge in [0, 0.05) is 0 Å². The Balaban J connectivity index is 2.46. The van der Waals surface area contributed by atoms with Gasteiger partial charge in [0.15, 0.2) is 5.82 Å². The summed E-state index contributed by atoms with van der Waals surface area (Å²) in [7, 11) is 0. The Morgan fingerprint density at radius 1 is 1.20 bits per heavy atom. The summed E-state index contributed by atoms with van der Waals surface area (Å²) in [4.78, 5) is 8.38. The first-order chi connectivity index (χ1) is 9.54. The van der Waals surface area contributed by atoms with E-state index in [4.69, 9.17) is 10.6 Å². The van der Waals surface area contributed by atoms with Crippen LogP contribution in [0.5, 0.6) is 11.6 Å². The van der Waals surface area contributed by atoms with E-state index in [-0.39, 0.29) is 5.92 Å². The lowest BCUT2D eigenvalue weighted by Crippen LogP contribution is -2.13. The number of ether oxygens (including phenoxy) is 1. The molecule has 2 rings (SSSR count). The smallest absolute Gasteiger partial charge is 0.227 e. The van der Waals surface area contributed by atoms with Crippen LogP contribution in [0.3, 0.4) is 0 Å². The Bertz CT molecular complexity index is 611. The third-order valence-corrected chi connectivity index (χ3v) is 3.32. The number of benzene rings is 1. The van der Waals surface area contributed by atoms with Crippen molar-refractivity contribution in [3.05, 3.63) is 41.2 Å². The third-order valence-electron chi connectivity index (χ3n) is 3.32. The van der Waals surface area contributed by atoms with Crippen LogP contribution in [-0.4, -0.2) is 9.97 Å². The van der Waals surface area contributed by atoms with Crippen molar-refractivity contribution < 1.29 is 4.74 Å². The molecule has 5 heteroatoms. The summed E-state index contributed by atoms with van der Waals surface area (Å²) in [6, 6.07) is 5.96. The third kappa shape index (κ3) is 2.72. The first-order valence-corrected chi connectivity index (χ1v) is 6.60. The van der Waals surface area contributed by atoms with Crippen molar-refractivity contribution >= 4 is 5.82 Å². The van der Waals surface area contributed by atoms with Crippen LogP contribution in [-0.2, 0) is 0 Å². The van der Waals surface area contributed by atoms with Crippen molar-refractivity contribution in [3.8, 4) is 11.6 Å². The number of hydrogen-bond donors (Lipinski definition) is 2. The van der Waals surface area contributed by atoms with Gasteiger partial charge in [-0.1, -0.05) is 26.0 Å². The topological polar surface area (TPSA) is 73.1 Å². The van der Waals surface area contributed by atoms with Gasteiger partial charge >= 0.3 is 0 Å². The molecule has 0 fully saturated rings. The molecule has 1 aromatic heterocycles. The van der Waals surface area contributed by atoms with Gasteiger partial charge in [0.2, 0.25) is 5.88 Å². The molecule has 0 bridgehead atoms. The number of rotatable bonds is 4. The number of nitrogens with zero attached hydrogens (tertiary/aromatic N) is 2. The number of hydrogen-bond acceptors (Lipinski definition) is 5. The molecule has 0 saturated heterocycles. The van der Waals surface area contributed by atoms with Gasteiger partial charge in [-0.05, 0) is 37.0 Å². The number of nitrogens with one attached hydrogen (secondary N) is 1. The number of nitrogen functional groups attached to an aromatic ring is 1. The Hall–Kier alpha value is -2.14. The number of aryl methyl sites for hydroxylation is 1. The second-order valence-corrected chi connectivity index (χ2v) is 5.04. The normalized spacial score (nSPS) is 10.7. The minimum atomic E-state index is 0.197. The van der Waals surface area contributed by atoms with Crippen LogP contribution in [0, 0.1) is 13.8 Å². The molecule has 0 aliphatic carbocycles. The lowest BCUT2D eigenvalue weighted by Gasteiger charge is -2.16. The fraction of sp³-hybridized carbons (Fsp3) is 0.333. The molecule has 106 valence electrons. The van der Waals surface area contributed by atoms with Crippen LogP contribution >= 0.6 is 0 Å². The number of hydrazine groups is 1. The zero-order chi connectivity index (χ0) is 14.7. The highest BCUT2D eigenvalue weighted by atomic mass is 16.5. The summed E-state index contributed by atoms with van der Waals surface area (Å²) in [5, 5.41) is 0. The quantitative estimate of drug-likeness (QED) is 0.660. The lowest BCUT2D eigenvalue weighted by molar-refractivity contribution is 0.448. The second-order valence-electron chi connectivity index (χ2n) is 5.04. The zero-order valence-corrected chi connectivity index (χ0v) is 12.3. The predicted molar refractivity (Wildman–Crippen MR) is 79.9 cm³/mol. The monoisotopic (exact) mass is 272 g/mol. The average molecular weight is 272 g/mol. The highest BCUT2D eigenvalue weighted by Crippen LogP contribution is 2.34.